The summed E-state index contributed by atoms with van der Waals surface area (Å²) in [7, 11) is 2.12. The van der Waals surface area contributed by atoms with Gasteiger partial charge in [0.05, 0.1) is 6.21 Å². The summed E-state index contributed by atoms with van der Waals surface area (Å²) in [4.78, 5) is 2.27. The molecule has 0 amide bonds. The van der Waals surface area contributed by atoms with Crippen LogP contribution in [0.25, 0.3) is 0 Å². The summed E-state index contributed by atoms with van der Waals surface area (Å²) >= 11 is 5.27. The molecule has 0 aliphatic heterocycles. The molecule has 2 aromatic carbocycles. The largest absolute Gasteiger partial charge is 0.375 e. The van der Waals surface area contributed by atoms with E-state index in [1.165, 1.54) is 24.1 Å². The first-order valence-corrected chi connectivity index (χ1v) is 9.53. The number of aryl methyl sites for hydroxylation is 1. The molecule has 26 heavy (non-hydrogen) atoms. The van der Waals surface area contributed by atoms with E-state index in [-0.39, 0.29) is 0 Å². The Balaban J connectivity index is 1.82. The first-order chi connectivity index (χ1) is 12.6. The van der Waals surface area contributed by atoms with Gasteiger partial charge < -0.3 is 10.2 Å². The topological polar surface area (TPSA) is 39.7 Å². The molecule has 0 fully saturated rings. The van der Waals surface area contributed by atoms with Gasteiger partial charge in [0.25, 0.3) is 0 Å². The third-order valence-electron chi connectivity index (χ3n) is 4.18. The molecule has 0 spiro atoms. The third-order valence-corrected chi connectivity index (χ3v) is 4.37. The predicted molar refractivity (Wildman–Crippen MR) is 117 cm³/mol. The second kappa shape index (κ2) is 10.6. The Hall–Kier alpha value is -2.40. The molecule has 2 rings (SSSR count). The van der Waals surface area contributed by atoms with Gasteiger partial charge in [-0.1, -0.05) is 44.5 Å². The second-order valence-corrected chi connectivity index (χ2v) is 6.65. The fraction of sp³-hybridized carbons (Fsp3) is 0.333. The molecule has 0 aromatic heterocycles. The van der Waals surface area contributed by atoms with Crippen molar-refractivity contribution >= 4 is 34.9 Å². The van der Waals surface area contributed by atoms with Crippen LogP contribution < -0.4 is 15.6 Å². The summed E-state index contributed by atoms with van der Waals surface area (Å²) in [5, 5.41) is 7.80. The predicted octanol–water partition coefficient (Wildman–Crippen LogP) is 4.81. The summed E-state index contributed by atoms with van der Waals surface area (Å²) in [5.74, 6) is 0. The molecule has 5 heteroatoms. The van der Waals surface area contributed by atoms with Gasteiger partial charge in [-0.3, -0.25) is 5.43 Å². The Morgan fingerprint density at radius 1 is 1.08 bits per heavy atom. The molecule has 2 aromatic rings. The summed E-state index contributed by atoms with van der Waals surface area (Å²) in [6.45, 7) is 5.42. The van der Waals surface area contributed by atoms with Gasteiger partial charge in [-0.05, 0) is 60.5 Å². The van der Waals surface area contributed by atoms with E-state index in [4.69, 9.17) is 12.2 Å². The van der Waals surface area contributed by atoms with Gasteiger partial charge in [0.1, 0.15) is 0 Å². The Kier molecular flexibility index (Phi) is 8.09. The SMILES string of the molecule is CCCCN(C)c1ccc(/C=N/NC(=S)Nc2ccc(CC)cc2)cc1. The van der Waals surface area contributed by atoms with E-state index in [9.17, 15) is 0 Å². The Morgan fingerprint density at radius 3 is 2.38 bits per heavy atom. The van der Waals surface area contributed by atoms with Gasteiger partial charge in [-0.2, -0.15) is 5.10 Å². The Labute approximate surface area is 162 Å². The number of rotatable bonds is 8. The number of nitrogens with zero attached hydrogens (tertiary/aromatic N) is 2. The van der Waals surface area contributed by atoms with Gasteiger partial charge in [0.15, 0.2) is 5.11 Å². The van der Waals surface area contributed by atoms with Crippen molar-refractivity contribution in [2.45, 2.75) is 33.1 Å². The van der Waals surface area contributed by atoms with Crippen molar-refractivity contribution < 1.29 is 0 Å². The third kappa shape index (κ3) is 6.48. The first kappa shape index (κ1) is 19.9. The second-order valence-electron chi connectivity index (χ2n) is 6.24. The van der Waals surface area contributed by atoms with Crippen LogP contribution in [-0.2, 0) is 6.42 Å². The lowest BCUT2D eigenvalue weighted by Crippen LogP contribution is -2.23. The summed E-state index contributed by atoms with van der Waals surface area (Å²) in [5.41, 5.74) is 7.35. The molecule has 0 bridgehead atoms. The van der Waals surface area contributed by atoms with Crippen LogP contribution in [0.5, 0.6) is 0 Å². The normalized spacial score (nSPS) is 10.7. The molecule has 0 aliphatic rings. The molecular weight excluding hydrogens is 340 g/mol. The summed E-state index contributed by atoms with van der Waals surface area (Å²) in [6, 6.07) is 16.6. The smallest absolute Gasteiger partial charge is 0.191 e. The van der Waals surface area contributed by atoms with Crippen LogP contribution in [0.2, 0.25) is 0 Å². The lowest BCUT2D eigenvalue weighted by atomic mass is 10.1. The highest BCUT2D eigenvalue weighted by molar-refractivity contribution is 7.80. The van der Waals surface area contributed by atoms with E-state index in [1.54, 1.807) is 6.21 Å². The van der Waals surface area contributed by atoms with Gasteiger partial charge in [-0.25, -0.2) is 0 Å². The highest BCUT2D eigenvalue weighted by Gasteiger charge is 2.00. The molecule has 0 atom stereocenters. The fourth-order valence-corrected chi connectivity index (χ4v) is 2.66. The molecular formula is C21H28N4S. The fourth-order valence-electron chi connectivity index (χ4n) is 2.49. The Morgan fingerprint density at radius 2 is 1.77 bits per heavy atom. The number of hydrogen-bond acceptors (Lipinski definition) is 3. The van der Waals surface area contributed by atoms with E-state index >= 15 is 0 Å². The number of hydrazone groups is 1. The maximum Gasteiger partial charge on any atom is 0.191 e. The number of thiocarbonyl (C=S) groups is 1. The zero-order valence-electron chi connectivity index (χ0n) is 15.8. The van der Waals surface area contributed by atoms with Crippen molar-refractivity contribution in [3.05, 3.63) is 59.7 Å². The van der Waals surface area contributed by atoms with Crippen LogP contribution >= 0.6 is 12.2 Å². The lowest BCUT2D eigenvalue weighted by molar-refractivity contribution is 0.767. The maximum absolute atomic E-state index is 5.27. The van der Waals surface area contributed by atoms with Gasteiger partial charge in [0, 0.05) is 25.0 Å². The minimum Gasteiger partial charge on any atom is -0.375 e. The van der Waals surface area contributed by atoms with Crippen LogP contribution in [0.1, 0.15) is 37.8 Å². The Bertz CT molecular complexity index is 708. The molecule has 138 valence electrons. The molecule has 0 heterocycles. The molecule has 0 saturated heterocycles. The van der Waals surface area contributed by atoms with Crippen molar-refractivity contribution in [2.75, 3.05) is 23.8 Å². The molecule has 0 radical (unpaired) electrons. The van der Waals surface area contributed by atoms with E-state index in [2.05, 4.69) is 78.0 Å². The van der Waals surface area contributed by atoms with Crippen LogP contribution in [-0.4, -0.2) is 24.9 Å². The monoisotopic (exact) mass is 368 g/mol. The average molecular weight is 369 g/mol. The average Bonchev–Trinajstić information content (AvgIpc) is 2.67. The maximum atomic E-state index is 5.27. The summed E-state index contributed by atoms with van der Waals surface area (Å²) < 4.78 is 0. The van der Waals surface area contributed by atoms with Gasteiger partial charge in [0.2, 0.25) is 0 Å². The van der Waals surface area contributed by atoms with Crippen molar-refractivity contribution in [1.82, 2.24) is 5.43 Å². The van der Waals surface area contributed by atoms with Crippen molar-refractivity contribution in [3.8, 4) is 0 Å². The number of nitrogens with one attached hydrogen (secondary N) is 2. The zero-order valence-corrected chi connectivity index (χ0v) is 16.6. The number of anilines is 2. The first-order valence-electron chi connectivity index (χ1n) is 9.12. The summed E-state index contributed by atoms with van der Waals surface area (Å²) in [6.07, 6.45) is 5.21. The molecule has 0 aliphatic carbocycles. The van der Waals surface area contributed by atoms with Crippen LogP contribution in [0.15, 0.2) is 53.6 Å². The van der Waals surface area contributed by atoms with E-state index in [0.29, 0.717) is 5.11 Å². The molecule has 4 nitrogen and oxygen atoms in total. The van der Waals surface area contributed by atoms with E-state index < -0.39 is 0 Å². The lowest BCUT2D eigenvalue weighted by Gasteiger charge is -2.18. The van der Waals surface area contributed by atoms with Crippen LogP contribution in [0, 0.1) is 0 Å². The number of unbranched alkanes of at least 4 members (excludes halogenated alkanes) is 1. The van der Waals surface area contributed by atoms with Crippen molar-refractivity contribution in [2.24, 2.45) is 5.10 Å². The quantitative estimate of drug-likeness (QED) is 0.399. The highest BCUT2D eigenvalue weighted by atomic mass is 32.1. The van der Waals surface area contributed by atoms with E-state index in [1.807, 2.05) is 12.1 Å². The van der Waals surface area contributed by atoms with Gasteiger partial charge in [-0.15, -0.1) is 0 Å². The number of benzene rings is 2. The highest BCUT2D eigenvalue weighted by Crippen LogP contribution is 2.13. The zero-order chi connectivity index (χ0) is 18.8. The van der Waals surface area contributed by atoms with Gasteiger partial charge >= 0.3 is 0 Å². The minimum absolute atomic E-state index is 0.474. The standard InChI is InChI=1S/C21H28N4S/c1-4-6-15-25(3)20-13-9-18(10-14-20)16-22-24-21(26)23-19-11-7-17(5-2)8-12-19/h7-14,16H,4-6,15H2,1-3H3,(H2,23,24,26)/b22-16+. The van der Waals surface area contributed by atoms with Crippen molar-refractivity contribution in [1.29, 1.82) is 0 Å². The molecule has 0 saturated carbocycles. The minimum atomic E-state index is 0.474. The van der Waals surface area contributed by atoms with Crippen molar-refractivity contribution in [3.63, 3.8) is 0 Å². The number of hydrogen-bond donors (Lipinski definition) is 2. The van der Waals surface area contributed by atoms with Crippen LogP contribution in [0.3, 0.4) is 0 Å². The van der Waals surface area contributed by atoms with Crippen LogP contribution in [0.4, 0.5) is 11.4 Å². The molecule has 2 N–H and O–H groups in total. The molecule has 0 unspecified atom stereocenters. The van der Waals surface area contributed by atoms with E-state index in [0.717, 1.165) is 24.2 Å².